The Morgan fingerprint density at radius 2 is 1.59 bits per heavy atom. The SMILES string of the molecule is CCOP(=O)(OCC)[C@H](OCc1ccccc1)[C@@H](O)c1ccc(C(=O)OC)cc1. The Bertz CT molecular complexity index is 798. The van der Waals surface area contributed by atoms with E-state index in [-0.39, 0.29) is 19.8 Å². The number of esters is 1. The van der Waals surface area contributed by atoms with Gasteiger partial charge in [0, 0.05) is 0 Å². The Kier molecular flexibility index (Phi) is 9.01. The van der Waals surface area contributed by atoms with Gasteiger partial charge in [0.05, 0.1) is 32.5 Å². The first-order valence-electron chi connectivity index (χ1n) is 9.35. The summed E-state index contributed by atoms with van der Waals surface area (Å²) < 4.78 is 34.7. The van der Waals surface area contributed by atoms with E-state index < -0.39 is 25.5 Å². The van der Waals surface area contributed by atoms with E-state index in [2.05, 4.69) is 4.74 Å². The molecule has 0 amide bonds. The van der Waals surface area contributed by atoms with Crippen LogP contribution in [0.2, 0.25) is 0 Å². The minimum Gasteiger partial charge on any atom is -0.465 e. The number of carbonyl (C=O) groups is 1. The molecule has 2 aromatic carbocycles. The van der Waals surface area contributed by atoms with Gasteiger partial charge in [-0.05, 0) is 37.1 Å². The molecular formula is C21H27O7P. The lowest BCUT2D eigenvalue weighted by molar-refractivity contribution is -0.0204. The lowest BCUT2D eigenvalue weighted by atomic mass is 10.1. The van der Waals surface area contributed by atoms with Crippen LogP contribution in [0.3, 0.4) is 0 Å². The predicted molar refractivity (Wildman–Crippen MR) is 109 cm³/mol. The van der Waals surface area contributed by atoms with Crippen LogP contribution in [0.25, 0.3) is 0 Å². The fraction of sp³-hybridized carbons (Fsp3) is 0.381. The lowest BCUT2D eigenvalue weighted by Crippen LogP contribution is -2.25. The van der Waals surface area contributed by atoms with Crippen LogP contribution in [0, 0.1) is 0 Å². The Morgan fingerprint density at radius 1 is 1.00 bits per heavy atom. The van der Waals surface area contributed by atoms with Gasteiger partial charge in [-0.2, -0.15) is 0 Å². The average molecular weight is 422 g/mol. The molecule has 2 rings (SSSR count). The molecule has 8 heteroatoms. The van der Waals surface area contributed by atoms with E-state index in [4.69, 9.17) is 13.8 Å². The molecule has 1 N–H and O–H groups in total. The number of hydrogen-bond acceptors (Lipinski definition) is 7. The van der Waals surface area contributed by atoms with Gasteiger partial charge in [0.15, 0.2) is 5.85 Å². The Morgan fingerprint density at radius 3 is 2.10 bits per heavy atom. The van der Waals surface area contributed by atoms with Crippen LogP contribution in [-0.4, -0.2) is 37.2 Å². The summed E-state index contributed by atoms with van der Waals surface area (Å²) in [4.78, 5) is 11.6. The third-order valence-corrected chi connectivity index (χ3v) is 6.43. The zero-order valence-corrected chi connectivity index (χ0v) is 17.7. The molecule has 7 nitrogen and oxygen atoms in total. The van der Waals surface area contributed by atoms with Crippen molar-refractivity contribution in [3.63, 3.8) is 0 Å². The van der Waals surface area contributed by atoms with Crippen LogP contribution >= 0.6 is 7.60 Å². The number of ether oxygens (including phenoxy) is 2. The highest BCUT2D eigenvalue weighted by atomic mass is 31.2. The molecule has 2 atom stereocenters. The van der Waals surface area contributed by atoms with Crippen molar-refractivity contribution in [1.29, 1.82) is 0 Å². The molecule has 2 aromatic rings. The lowest BCUT2D eigenvalue weighted by Gasteiger charge is -2.30. The number of aliphatic hydroxyl groups excluding tert-OH is 1. The van der Waals surface area contributed by atoms with Crippen molar-refractivity contribution in [3.8, 4) is 0 Å². The predicted octanol–water partition coefficient (Wildman–Crippen LogP) is 4.32. The van der Waals surface area contributed by atoms with Crippen LogP contribution in [0.15, 0.2) is 54.6 Å². The molecule has 0 spiro atoms. The highest BCUT2D eigenvalue weighted by molar-refractivity contribution is 7.54. The van der Waals surface area contributed by atoms with E-state index in [1.807, 2.05) is 30.3 Å². The first-order chi connectivity index (χ1) is 13.9. The molecule has 0 aliphatic rings. The minimum absolute atomic E-state index is 0.118. The van der Waals surface area contributed by atoms with Crippen molar-refractivity contribution in [2.75, 3.05) is 20.3 Å². The van der Waals surface area contributed by atoms with Crippen molar-refractivity contribution in [2.24, 2.45) is 0 Å². The number of aliphatic hydroxyl groups is 1. The molecular weight excluding hydrogens is 395 g/mol. The molecule has 0 bridgehead atoms. The van der Waals surface area contributed by atoms with Gasteiger partial charge in [-0.15, -0.1) is 0 Å². The van der Waals surface area contributed by atoms with E-state index in [1.165, 1.54) is 19.2 Å². The molecule has 29 heavy (non-hydrogen) atoms. The van der Waals surface area contributed by atoms with Gasteiger partial charge >= 0.3 is 13.6 Å². The number of benzene rings is 2. The molecule has 0 fully saturated rings. The second kappa shape index (κ2) is 11.2. The summed E-state index contributed by atoms with van der Waals surface area (Å²) in [6, 6.07) is 15.5. The van der Waals surface area contributed by atoms with Crippen LogP contribution in [0.4, 0.5) is 0 Å². The van der Waals surface area contributed by atoms with Gasteiger partial charge in [0.2, 0.25) is 0 Å². The number of methoxy groups -OCH3 is 1. The molecule has 0 heterocycles. The van der Waals surface area contributed by atoms with Gasteiger partial charge in [-0.1, -0.05) is 42.5 Å². The van der Waals surface area contributed by atoms with Gasteiger partial charge in [-0.3, -0.25) is 4.57 Å². The highest BCUT2D eigenvalue weighted by Crippen LogP contribution is 2.57. The van der Waals surface area contributed by atoms with Crippen LogP contribution < -0.4 is 0 Å². The first kappa shape index (κ1) is 23.3. The van der Waals surface area contributed by atoms with Crippen molar-refractivity contribution in [1.82, 2.24) is 0 Å². The van der Waals surface area contributed by atoms with Crippen molar-refractivity contribution in [3.05, 3.63) is 71.3 Å². The maximum atomic E-state index is 13.4. The zero-order valence-electron chi connectivity index (χ0n) is 16.8. The van der Waals surface area contributed by atoms with E-state index in [1.54, 1.807) is 26.0 Å². The van der Waals surface area contributed by atoms with E-state index in [0.717, 1.165) is 5.56 Å². The molecule has 0 saturated heterocycles. The summed E-state index contributed by atoms with van der Waals surface area (Å²) >= 11 is 0. The second-order valence-electron chi connectivity index (χ2n) is 6.12. The average Bonchev–Trinajstić information content (AvgIpc) is 2.74. The smallest absolute Gasteiger partial charge is 0.362 e. The summed E-state index contributed by atoms with van der Waals surface area (Å²) in [7, 11) is -2.50. The molecule has 0 saturated carbocycles. The third kappa shape index (κ3) is 6.23. The summed E-state index contributed by atoms with van der Waals surface area (Å²) in [5, 5.41) is 11.0. The van der Waals surface area contributed by atoms with E-state index in [0.29, 0.717) is 11.1 Å². The molecule has 0 aliphatic carbocycles. The largest absolute Gasteiger partial charge is 0.465 e. The van der Waals surface area contributed by atoms with E-state index in [9.17, 15) is 14.5 Å². The van der Waals surface area contributed by atoms with Gasteiger partial charge in [0.25, 0.3) is 0 Å². The van der Waals surface area contributed by atoms with Crippen LogP contribution in [0.5, 0.6) is 0 Å². The molecule has 0 unspecified atom stereocenters. The minimum atomic E-state index is -3.79. The number of rotatable bonds is 11. The Labute approximate surface area is 171 Å². The van der Waals surface area contributed by atoms with Crippen molar-refractivity contribution >= 4 is 13.6 Å². The number of carbonyl (C=O) groups excluding carboxylic acids is 1. The normalized spacial score (nSPS) is 13.7. The summed E-state index contributed by atoms with van der Waals surface area (Å²) in [6.07, 6.45) is -1.30. The summed E-state index contributed by atoms with van der Waals surface area (Å²) in [5.41, 5.74) is 1.60. The summed E-state index contributed by atoms with van der Waals surface area (Å²) in [6.45, 7) is 3.77. The van der Waals surface area contributed by atoms with Gasteiger partial charge in [0.1, 0.15) is 6.10 Å². The second-order valence-corrected chi connectivity index (χ2v) is 8.23. The Balaban J connectivity index is 2.31. The maximum Gasteiger partial charge on any atom is 0.362 e. The fourth-order valence-corrected chi connectivity index (χ4v) is 4.62. The molecule has 0 aromatic heterocycles. The standard InChI is InChI=1S/C21H27O7P/c1-4-27-29(24,28-5-2)21(26-15-16-9-7-6-8-10-16)19(22)17-11-13-18(14-12-17)20(23)25-3/h6-14,19,21-22H,4-5,15H2,1-3H3/t19-,21-/m0/s1. The fourth-order valence-electron chi connectivity index (χ4n) is 2.75. The summed E-state index contributed by atoms with van der Waals surface area (Å²) in [5.74, 6) is -1.73. The van der Waals surface area contributed by atoms with Crippen LogP contribution in [-0.2, 0) is 29.7 Å². The first-order valence-corrected chi connectivity index (χ1v) is 11.0. The third-order valence-electron chi connectivity index (χ3n) is 4.14. The van der Waals surface area contributed by atoms with E-state index >= 15 is 0 Å². The highest BCUT2D eigenvalue weighted by Gasteiger charge is 2.42. The Hall–Kier alpha value is -2.02. The van der Waals surface area contributed by atoms with Crippen LogP contribution in [0.1, 0.15) is 41.4 Å². The topological polar surface area (TPSA) is 91.3 Å². The monoisotopic (exact) mass is 422 g/mol. The quantitative estimate of drug-likeness (QED) is 0.426. The van der Waals surface area contributed by atoms with Gasteiger partial charge in [-0.25, -0.2) is 4.79 Å². The zero-order chi connectivity index (χ0) is 21.3. The molecule has 0 radical (unpaired) electrons. The maximum absolute atomic E-state index is 13.4. The number of hydrogen-bond donors (Lipinski definition) is 1. The van der Waals surface area contributed by atoms with Crippen molar-refractivity contribution < 1.29 is 33.0 Å². The molecule has 158 valence electrons. The molecule has 0 aliphatic heterocycles. The van der Waals surface area contributed by atoms with Crippen molar-refractivity contribution in [2.45, 2.75) is 32.4 Å². The van der Waals surface area contributed by atoms with Gasteiger partial charge < -0.3 is 23.6 Å².